The van der Waals surface area contributed by atoms with Crippen LogP contribution in [-0.2, 0) is 4.74 Å². The largest absolute Gasteiger partial charge is 0.363 e. The highest BCUT2D eigenvalue weighted by molar-refractivity contribution is 7.16. The Balaban J connectivity index is 2.28. The van der Waals surface area contributed by atoms with Crippen molar-refractivity contribution in [1.29, 1.82) is 0 Å². The fourth-order valence-electron chi connectivity index (χ4n) is 0.201. The van der Waals surface area contributed by atoms with Crippen molar-refractivity contribution in [2.75, 3.05) is 12.8 Å². The highest BCUT2D eigenvalue weighted by Crippen LogP contribution is 2.24. The molecule has 0 bridgehead atoms. The first kappa shape index (κ1) is 4.51. The molecular formula is C3H7O2P. The van der Waals surface area contributed by atoms with E-state index in [1.807, 2.05) is 0 Å². The summed E-state index contributed by atoms with van der Waals surface area (Å²) in [7, 11) is 2.41. The predicted molar refractivity (Wildman–Crippen MR) is 25.5 cm³/mol. The van der Waals surface area contributed by atoms with E-state index >= 15 is 0 Å². The molecule has 1 fully saturated rings. The van der Waals surface area contributed by atoms with Crippen molar-refractivity contribution in [2.24, 2.45) is 0 Å². The standard InChI is InChI=1S/C3H7O2P/c4-3(2-6)1-5-3/h4H,1-2,6H2. The van der Waals surface area contributed by atoms with Gasteiger partial charge in [-0.15, -0.1) is 9.24 Å². The molecule has 0 radical (unpaired) electrons. The van der Waals surface area contributed by atoms with Crippen molar-refractivity contribution < 1.29 is 9.84 Å². The van der Waals surface area contributed by atoms with Crippen molar-refractivity contribution in [2.45, 2.75) is 5.79 Å². The van der Waals surface area contributed by atoms with Crippen molar-refractivity contribution in [1.82, 2.24) is 0 Å². The molecule has 6 heavy (non-hydrogen) atoms. The van der Waals surface area contributed by atoms with Gasteiger partial charge in [-0.05, 0) is 0 Å². The molecule has 1 heterocycles. The lowest BCUT2D eigenvalue weighted by Crippen LogP contribution is -2.09. The summed E-state index contributed by atoms with van der Waals surface area (Å²) in [5.74, 6) is -0.745. The Kier molecular flexibility index (Phi) is 0.870. The molecule has 2 unspecified atom stereocenters. The van der Waals surface area contributed by atoms with Crippen LogP contribution in [0, 0.1) is 0 Å². The molecule has 36 valence electrons. The summed E-state index contributed by atoms with van der Waals surface area (Å²) in [5.41, 5.74) is 0. The van der Waals surface area contributed by atoms with Crippen LogP contribution in [0.5, 0.6) is 0 Å². The zero-order valence-electron chi connectivity index (χ0n) is 3.35. The van der Waals surface area contributed by atoms with Gasteiger partial charge < -0.3 is 9.84 Å². The van der Waals surface area contributed by atoms with Gasteiger partial charge in [-0.3, -0.25) is 0 Å². The molecule has 0 saturated carbocycles. The molecule has 2 nitrogen and oxygen atoms in total. The van der Waals surface area contributed by atoms with Crippen molar-refractivity contribution in [3.8, 4) is 0 Å². The number of hydrogen-bond donors (Lipinski definition) is 1. The van der Waals surface area contributed by atoms with Gasteiger partial charge in [-0.1, -0.05) is 0 Å². The van der Waals surface area contributed by atoms with Crippen molar-refractivity contribution in [3.05, 3.63) is 0 Å². The second-order valence-corrected chi connectivity index (χ2v) is 1.85. The summed E-state index contributed by atoms with van der Waals surface area (Å²) < 4.78 is 4.58. The summed E-state index contributed by atoms with van der Waals surface area (Å²) in [6.07, 6.45) is 0.632. The van der Waals surface area contributed by atoms with Gasteiger partial charge in [0, 0.05) is 6.16 Å². The third kappa shape index (κ3) is 0.700. The Morgan fingerprint density at radius 3 is 2.50 bits per heavy atom. The second-order valence-electron chi connectivity index (χ2n) is 1.44. The topological polar surface area (TPSA) is 32.8 Å². The zero-order chi connectivity index (χ0) is 4.62. The lowest BCUT2D eigenvalue weighted by molar-refractivity contribution is 0.0593. The van der Waals surface area contributed by atoms with E-state index in [2.05, 4.69) is 14.0 Å². The first-order valence-corrected chi connectivity index (χ1v) is 2.65. The highest BCUT2D eigenvalue weighted by atomic mass is 31.0. The number of ether oxygens (including phenoxy) is 1. The Bertz CT molecular complexity index is 59.8. The maximum Gasteiger partial charge on any atom is 0.193 e. The van der Waals surface area contributed by atoms with E-state index in [4.69, 9.17) is 5.11 Å². The maximum atomic E-state index is 8.69. The average Bonchev–Trinajstić information content (AvgIpc) is 2.22. The molecule has 1 rings (SSSR count). The molecule has 0 aromatic heterocycles. The van der Waals surface area contributed by atoms with Crippen LogP contribution in [0.2, 0.25) is 0 Å². The molecule has 1 saturated heterocycles. The van der Waals surface area contributed by atoms with E-state index in [-0.39, 0.29) is 0 Å². The van der Waals surface area contributed by atoms with Crippen molar-refractivity contribution in [3.63, 3.8) is 0 Å². The number of rotatable bonds is 1. The molecule has 0 aromatic carbocycles. The summed E-state index contributed by atoms with van der Waals surface area (Å²) in [6.45, 7) is 0.510. The number of aliphatic hydroxyl groups is 1. The normalized spacial score (nSPS) is 43.0. The number of epoxide rings is 1. The van der Waals surface area contributed by atoms with E-state index in [1.165, 1.54) is 0 Å². The molecule has 3 heteroatoms. The summed E-state index contributed by atoms with van der Waals surface area (Å²) in [4.78, 5) is 0. The third-order valence-electron chi connectivity index (χ3n) is 0.797. The monoisotopic (exact) mass is 106 g/mol. The fourth-order valence-corrected chi connectivity index (χ4v) is 0.437. The highest BCUT2D eigenvalue weighted by Gasteiger charge is 2.40. The summed E-state index contributed by atoms with van der Waals surface area (Å²) in [5, 5.41) is 8.69. The second kappa shape index (κ2) is 1.16. The first-order valence-electron chi connectivity index (χ1n) is 1.83. The van der Waals surface area contributed by atoms with Crippen LogP contribution in [0.25, 0.3) is 0 Å². The minimum Gasteiger partial charge on any atom is -0.363 e. The van der Waals surface area contributed by atoms with E-state index in [0.29, 0.717) is 12.8 Å². The molecule has 2 atom stereocenters. The Morgan fingerprint density at radius 2 is 2.50 bits per heavy atom. The summed E-state index contributed by atoms with van der Waals surface area (Å²) in [6, 6.07) is 0. The molecule has 0 aromatic rings. The van der Waals surface area contributed by atoms with Crippen LogP contribution in [0.3, 0.4) is 0 Å². The first-order chi connectivity index (χ1) is 2.77. The van der Waals surface area contributed by atoms with Crippen LogP contribution < -0.4 is 0 Å². The zero-order valence-corrected chi connectivity index (χ0v) is 4.50. The van der Waals surface area contributed by atoms with Gasteiger partial charge in [0.15, 0.2) is 5.79 Å². The fraction of sp³-hybridized carbons (Fsp3) is 1.00. The van der Waals surface area contributed by atoms with Crippen LogP contribution in [0.15, 0.2) is 0 Å². The molecule has 1 aliphatic rings. The smallest absolute Gasteiger partial charge is 0.193 e. The van der Waals surface area contributed by atoms with Crippen LogP contribution in [0.1, 0.15) is 0 Å². The average molecular weight is 106 g/mol. The molecule has 1 N–H and O–H groups in total. The Labute approximate surface area is 38.7 Å². The van der Waals surface area contributed by atoms with Gasteiger partial charge in [0.2, 0.25) is 0 Å². The van der Waals surface area contributed by atoms with Gasteiger partial charge in [0.05, 0.1) is 0 Å². The van der Waals surface area contributed by atoms with E-state index < -0.39 is 5.79 Å². The van der Waals surface area contributed by atoms with Gasteiger partial charge in [-0.25, -0.2) is 0 Å². The quantitative estimate of drug-likeness (QED) is 0.363. The van der Waals surface area contributed by atoms with Gasteiger partial charge in [-0.2, -0.15) is 0 Å². The van der Waals surface area contributed by atoms with E-state index in [9.17, 15) is 0 Å². The SMILES string of the molecule is OC1(CP)CO1. The summed E-state index contributed by atoms with van der Waals surface area (Å²) >= 11 is 0. The third-order valence-corrected chi connectivity index (χ3v) is 1.43. The number of hydrogen-bond acceptors (Lipinski definition) is 2. The van der Waals surface area contributed by atoms with Gasteiger partial charge >= 0.3 is 0 Å². The minimum atomic E-state index is -0.745. The molecule has 0 amide bonds. The molecule has 0 aliphatic carbocycles. The lowest BCUT2D eigenvalue weighted by Gasteiger charge is -1.91. The predicted octanol–water partition coefficient (Wildman–Crippen LogP) is -0.420. The molecule has 1 aliphatic heterocycles. The van der Waals surface area contributed by atoms with E-state index in [0.717, 1.165) is 0 Å². The van der Waals surface area contributed by atoms with Crippen LogP contribution >= 0.6 is 9.24 Å². The Hall–Kier alpha value is 0.350. The van der Waals surface area contributed by atoms with Gasteiger partial charge in [0.1, 0.15) is 6.61 Å². The minimum absolute atomic E-state index is 0.510. The molecule has 0 spiro atoms. The van der Waals surface area contributed by atoms with Crippen LogP contribution in [-0.4, -0.2) is 23.7 Å². The van der Waals surface area contributed by atoms with Crippen LogP contribution in [0.4, 0.5) is 0 Å². The lowest BCUT2D eigenvalue weighted by atomic mass is 10.5. The molecular weight excluding hydrogens is 99.0 g/mol. The van der Waals surface area contributed by atoms with Crippen molar-refractivity contribution >= 4 is 9.24 Å². The van der Waals surface area contributed by atoms with E-state index in [1.54, 1.807) is 0 Å². The van der Waals surface area contributed by atoms with Gasteiger partial charge in [0.25, 0.3) is 0 Å². The maximum absolute atomic E-state index is 8.69. The Morgan fingerprint density at radius 1 is 2.00 bits per heavy atom.